The van der Waals surface area contributed by atoms with Gasteiger partial charge in [-0.1, -0.05) is 30.3 Å². The van der Waals surface area contributed by atoms with Gasteiger partial charge < -0.3 is 0 Å². The molecular formula is C15H16N4O. The van der Waals surface area contributed by atoms with Crippen LogP contribution in [0.1, 0.15) is 29.8 Å². The number of carbonyl (C=O) groups is 1. The Morgan fingerprint density at radius 1 is 1.25 bits per heavy atom. The van der Waals surface area contributed by atoms with Crippen molar-refractivity contribution in [2.24, 2.45) is 5.10 Å². The van der Waals surface area contributed by atoms with Crippen LogP contribution >= 0.6 is 0 Å². The highest BCUT2D eigenvalue weighted by Gasteiger charge is 2.36. The van der Waals surface area contributed by atoms with Crippen molar-refractivity contribution in [1.29, 1.82) is 0 Å². The van der Waals surface area contributed by atoms with E-state index in [2.05, 4.69) is 15.3 Å². The van der Waals surface area contributed by atoms with Gasteiger partial charge in [-0.05, 0) is 25.5 Å². The summed E-state index contributed by atoms with van der Waals surface area (Å²) in [7, 11) is 0. The van der Waals surface area contributed by atoms with E-state index in [0.717, 1.165) is 22.7 Å². The maximum absolute atomic E-state index is 12.5. The second-order valence-electron chi connectivity index (χ2n) is 5.03. The van der Waals surface area contributed by atoms with Gasteiger partial charge in [-0.15, -0.1) is 0 Å². The van der Waals surface area contributed by atoms with Crippen molar-refractivity contribution in [3.05, 3.63) is 53.3 Å². The fourth-order valence-corrected chi connectivity index (χ4v) is 2.42. The summed E-state index contributed by atoms with van der Waals surface area (Å²) in [6.07, 6.45) is 0. The van der Waals surface area contributed by atoms with Gasteiger partial charge in [0, 0.05) is 5.69 Å². The number of benzene rings is 1. The molecule has 0 bridgehead atoms. The number of hydrazone groups is 1. The number of hydrogen-bond donors (Lipinski definition) is 1. The van der Waals surface area contributed by atoms with Crippen LogP contribution in [0, 0.1) is 6.92 Å². The smallest absolute Gasteiger partial charge is 0.257 e. The van der Waals surface area contributed by atoms with Crippen LogP contribution in [0.5, 0.6) is 0 Å². The molecule has 1 amide bonds. The first-order valence-electron chi connectivity index (χ1n) is 6.57. The van der Waals surface area contributed by atoms with Crippen LogP contribution in [0.25, 0.3) is 0 Å². The molecule has 0 aliphatic carbocycles. The minimum Gasteiger partial charge on any atom is -0.283 e. The van der Waals surface area contributed by atoms with Crippen molar-refractivity contribution in [2.75, 3.05) is 0 Å². The molecule has 1 aromatic carbocycles. The number of rotatable bonds is 3. The maximum atomic E-state index is 12.5. The lowest BCUT2D eigenvalue weighted by Gasteiger charge is -2.13. The van der Waals surface area contributed by atoms with Gasteiger partial charge in [-0.2, -0.15) is 10.2 Å². The Morgan fingerprint density at radius 2 is 2.00 bits per heavy atom. The van der Waals surface area contributed by atoms with E-state index in [-0.39, 0.29) is 11.8 Å². The number of aromatic amines is 1. The number of aromatic nitrogens is 2. The maximum Gasteiger partial charge on any atom is 0.257 e. The van der Waals surface area contributed by atoms with Crippen LogP contribution < -0.4 is 0 Å². The number of nitrogens with zero attached hydrogens (tertiary/aromatic N) is 3. The van der Waals surface area contributed by atoms with Gasteiger partial charge in [0.15, 0.2) is 0 Å². The van der Waals surface area contributed by atoms with Crippen molar-refractivity contribution in [1.82, 2.24) is 15.2 Å². The Kier molecular flexibility index (Phi) is 3.10. The third-order valence-electron chi connectivity index (χ3n) is 3.39. The van der Waals surface area contributed by atoms with Crippen LogP contribution in [-0.2, 0) is 11.3 Å². The minimum absolute atomic E-state index is 0.0159. The largest absolute Gasteiger partial charge is 0.283 e. The highest BCUT2D eigenvalue weighted by molar-refractivity contribution is 6.11. The molecule has 1 aliphatic rings. The van der Waals surface area contributed by atoms with Crippen LogP contribution in [-0.4, -0.2) is 26.8 Å². The van der Waals surface area contributed by atoms with Crippen LogP contribution in [0.3, 0.4) is 0 Å². The van der Waals surface area contributed by atoms with Gasteiger partial charge >= 0.3 is 0 Å². The topological polar surface area (TPSA) is 61.4 Å². The second-order valence-corrected chi connectivity index (χ2v) is 5.03. The first-order valence-corrected chi connectivity index (χ1v) is 6.57. The summed E-state index contributed by atoms with van der Waals surface area (Å²) < 4.78 is 0. The molecule has 1 atom stereocenters. The Labute approximate surface area is 117 Å². The Balaban J connectivity index is 1.82. The van der Waals surface area contributed by atoms with E-state index in [1.807, 2.05) is 50.2 Å². The molecule has 20 heavy (non-hydrogen) atoms. The number of hydrogen-bond acceptors (Lipinski definition) is 3. The van der Waals surface area contributed by atoms with Gasteiger partial charge in [0.2, 0.25) is 0 Å². The molecule has 5 nitrogen and oxygen atoms in total. The van der Waals surface area contributed by atoms with Crippen molar-refractivity contribution in [2.45, 2.75) is 26.3 Å². The average molecular weight is 268 g/mol. The number of H-pyrrole nitrogens is 1. The standard InChI is InChI=1S/C15H16N4O/c1-10-8-13(17-16-10)14-11(2)18-19(15(14)20)9-12-6-4-3-5-7-12/h3-8,14H,9H2,1-2H3,(H,16,17). The van der Waals surface area contributed by atoms with Gasteiger partial charge in [0.25, 0.3) is 5.91 Å². The van der Waals surface area contributed by atoms with E-state index >= 15 is 0 Å². The molecule has 1 unspecified atom stereocenters. The molecule has 0 saturated carbocycles. The molecule has 1 aromatic heterocycles. The molecule has 102 valence electrons. The first-order chi connectivity index (χ1) is 9.65. The zero-order valence-electron chi connectivity index (χ0n) is 11.5. The van der Waals surface area contributed by atoms with Gasteiger partial charge in [0.05, 0.1) is 18.0 Å². The zero-order chi connectivity index (χ0) is 14.1. The molecule has 1 N–H and O–H groups in total. The van der Waals surface area contributed by atoms with Gasteiger partial charge in [0.1, 0.15) is 5.92 Å². The zero-order valence-corrected chi connectivity index (χ0v) is 11.5. The summed E-state index contributed by atoms with van der Waals surface area (Å²) in [5.41, 5.74) is 3.54. The van der Waals surface area contributed by atoms with Gasteiger partial charge in [-0.25, -0.2) is 5.01 Å². The third kappa shape index (κ3) is 2.22. The molecule has 0 radical (unpaired) electrons. The lowest BCUT2D eigenvalue weighted by molar-refractivity contribution is -0.130. The molecule has 0 saturated heterocycles. The third-order valence-corrected chi connectivity index (χ3v) is 3.39. The summed E-state index contributed by atoms with van der Waals surface area (Å²) in [6.45, 7) is 4.29. The average Bonchev–Trinajstić information content (AvgIpc) is 2.96. The van der Waals surface area contributed by atoms with Crippen molar-refractivity contribution in [3.63, 3.8) is 0 Å². The normalized spacial score (nSPS) is 18.5. The number of carbonyl (C=O) groups excluding carboxylic acids is 1. The Morgan fingerprint density at radius 3 is 2.65 bits per heavy atom. The van der Waals surface area contributed by atoms with E-state index in [0.29, 0.717) is 6.54 Å². The van der Waals surface area contributed by atoms with Crippen molar-refractivity contribution in [3.8, 4) is 0 Å². The van der Waals surface area contributed by atoms with Crippen molar-refractivity contribution < 1.29 is 4.79 Å². The molecule has 0 fully saturated rings. The fourth-order valence-electron chi connectivity index (χ4n) is 2.42. The predicted molar refractivity (Wildman–Crippen MR) is 76.2 cm³/mol. The summed E-state index contributed by atoms with van der Waals surface area (Å²) >= 11 is 0. The lowest BCUT2D eigenvalue weighted by Crippen LogP contribution is -2.25. The number of nitrogens with one attached hydrogen (secondary N) is 1. The van der Waals surface area contributed by atoms with Crippen molar-refractivity contribution >= 4 is 11.6 Å². The van der Waals surface area contributed by atoms with E-state index in [1.165, 1.54) is 5.01 Å². The number of aryl methyl sites for hydroxylation is 1. The lowest BCUT2D eigenvalue weighted by atomic mass is 10.0. The minimum atomic E-state index is -0.358. The Hall–Kier alpha value is -2.43. The summed E-state index contributed by atoms with van der Waals surface area (Å²) in [5, 5.41) is 13.0. The van der Waals surface area contributed by atoms with Crippen LogP contribution in [0.2, 0.25) is 0 Å². The monoisotopic (exact) mass is 268 g/mol. The molecule has 5 heteroatoms. The molecule has 2 aromatic rings. The molecule has 2 heterocycles. The molecular weight excluding hydrogens is 252 g/mol. The van der Waals surface area contributed by atoms with Gasteiger partial charge in [-0.3, -0.25) is 9.89 Å². The number of amides is 1. The predicted octanol–water partition coefficient (Wildman–Crippen LogP) is 2.22. The Bertz CT molecular complexity index is 660. The first kappa shape index (κ1) is 12.6. The van der Waals surface area contributed by atoms with Crippen LogP contribution in [0.15, 0.2) is 41.5 Å². The fraction of sp³-hybridized carbons (Fsp3) is 0.267. The highest BCUT2D eigenvalue weighted by Crippen LogP contribution is 2.26. The quantitative estimate of drug-likeness (QED) is 0.927. The molecule has 1 aliphatic heterocycles. The van der Waals surface area contributed by atoms with E-state index in [4.69, 9.17) is 0 Å². The molecule has 0 spiro atoms. The molecule has 3 rings (SSSR count). The van der Waals surface area contributed by atoms with Crippen LogP contribution in [0.4, 0.5) is 0 Å². The highest BCUT2D eigenvalue weighted by atomic mass is 16.2. The van der Waals surface area contributed by atoms with E-state index < -0.39 is 0 Å². The summed E-state index contributed by atoms with van der Waals surface area (Å²) in [5.74, 6) is -0.374. The SMILES string of the molecule is CC1=NN(Cc2ccccc2)C(=O)C1c1cc(C)[nH]n1. The van der Waals surface area contributed by atoms with E-state index in [1.54, 1.807) is 0 Å². The summed E-state index contributed by atoms with van der Waals surface area (Å²) in [6, 6.07) is 11.8. The second kappa shape index (κ2) is 4.92. The summed E-state index contributed by atoms with van der Waals surface area (Å²) in [4.78, 5) is 12.5. The van der Waals surface area contributed by atoms with E-state index in [9.17, 15) is 4.79 Å².